The number of halogens is 2. The Kier molecular flexibility index (Phi) is 6.26. The van der Waals surface area contributed by atoms with Gasteiger partial charge in [0, 0.05) is 17.7 Å². The van der Waals surface area contributed by atoms with Crippen LogP contribution in [0.15, 0.2) is 18.2 Å². The maximum atomic E-state index is 12.3. The quantitative estimate of drug-likeness (QED) is 0.826. The molecular weight excluding hydrogens is 252 g/mol. The molecule has 0 heterocycles. The fourth-order valence-corrected chi connectivity index (χ4v) is 1.71. The highest BCUT2D eigenvalue weighted by Crippen LogP contribution is 2.21. The average molecular weight is 269 g/mol. The molecule has 1 aromatic carbocycles. The van der Waals surface area contributed by atoms with Gasteiger partial charge in [0.2, 0.25) is 0 Å². The largest absolute Gasteiger partial charge is 0.496 e. The third-order valence-electron chi connectivity index (χ3n) is 2.48. The van der Waals surface area contributed by atoms with E-state index in [1.807, 2.05) is 0 Å². The van der Waals surface area contributed by atoms with Crippen LogP contribution in [0.2, 0.25) is 0 Å². The standard InChI is InChI=1S/C14H17F2NO2/c1-17(10-14(15)16)9-12-8-11(4-3-7-18)5-6-13(12)19-2/h5-6,8,14,18H,7,9-10H2,1-2H3. The summed E-state index contributed by atoms with van der Waals surface area (Å²) in [6.45, 7) is -0.162. The van der Waals surface area contributed by atoms with Crippen molar-refractivity contribution in [3.05, 3.63) is 29.3 Å². The molecule has 5 heteroatoms. The molecular formula is C14H17F2NO2. The summed E-state index contributed by atoms with van der Waals surface area (Å²) in [4.78, 5) is 1.52. The van der Waals surface area contributed by atoms with Gasteiger partial charge in [0.1, 0.15) is 12.4 Å². The van der Waals surface area contributed by atoms with Crippen LogP contribution in [0.25, 0.3) is 0 Å². The number of aliphatic hydroxyl groups is 1. The van der Waals surface area contributed by atoms with Gasteiger partial charge < -0.3 is 9.84 Å². The third kappa shape index (κ3) is 5.25. The van der Waals surface area contributed by atoms with Gasteiger partial charge in [0.05, 0.1) is 13.7 Å². The van der Waals surface area contributed by atoms with Gasteiger partial charge in [-0.3, -0.25) is 4.90 Å². The molecule has 0 spiro atoms. The van der Waals surface area contributed by atoms with E-state index in [1.165, 1.54) is 12.0 Å². The number of nitrogens with zero attached hydrogens (tertiary/aromatic N) is 1. The van der Waals surface area contributed by atoms with E-state index in [9.17, 15) is 8.78 Å². The predicted octanol–water partition coefficient (Wildman–Crippen LogP) is 1.74. The number of rotatable bonds is 5. The van der Waals surface area contributed by atoms with Gasteiger partial charge >= 0.3 is 0 Å². The number of hydrogen-bond acceptors (Lipinski definition) is 3. The Morgan fingerprint density at radius 1 is 1.42 bits per heavy atom. The van der Waals surface area contributed by atoms with Gasteiger partial charge in [0.15, 0.2) is 0 Å². The molecule has 0 fully saturated rings. The maximum Gasteiger partial charge on any atom is 0.251 e. The SMILES string of the molecule is COc1ccc(C#CCO)cc1CN(C)CC(F)F. The lowest BCUT2D eigenvalue weighted by Crippen LogP contribution is -2.24. The highest BCUT2D eigenvalue weighted by molar-refractivity contribution is 5.44. The highest BCUT2D eigenvalue weighted by Gasteiger charge is 2.11. The van der Waals surface area contributed by atoms with Gasteiger partial charge in [-0.2, -0.15) is 0 Å². The summed E-state index contributed by atoms with van der Waals surface area (Å²) < 4.78 is 29.8. The van der Waals surface area contributed by atoms with Crippen molar-refractivity contribution in [1.82, 2.24) is 4.90 Å². The molecule has 0 saturated carbocycles. The molecule has 0 aliphatic rings. The van der Waals surface area contributed by atoms with Crippen LogP contribution in [0.1, 0.15) is 11.1 Å². The zero-order valence-electron chi connectivity index (χ0n) is 11.0. The Hall–Kier alpha value is -1.64. The van der Waals surface area contributed by atoms with Crippen molar-refractivity contribution in [2.45, 2.75) is 13.0 Å². The van der Waals surface area contributed by atoms with Crippen molar-refractivity contribution in [2.24, 2.45) is 0 Å². The summed E-state index contributed by atoms with van der Waals surface area (Å²) >= 11 is 0. The summed E-state index contributed by atoms with van der Waals surface area (Å²) in [5.41, 5.74) is 1.51. The second-order valence-electron chi connectivity index (χ2n) is 4.07. The predicted molar refractivity (Wildman–Crippen MR) is 69.3 cm³/mol. The maximum absolute atomic E-state index is 12.3. The minimum atomic E-state index is -2.37. The summed E-state index contributed by atoms with van der Waals surface area (Å²) in [5, 5.41) is 8.65. The van der Waals surface area contributed by atoms with Gasteiger partial charge in [-0.15, -0.1) is 0 Å². The number of benzene rings is 1. The first kappa shape index (κ1) is 15.4. The number of alkyl halides is 2. The van der Waals surface area contributed by atoms with Crippen LogP contribution < -0.4 is 4.74 Å². The van der Waals surface area contributed by atoms with Gasteiger partial charge in [-0.25, -0.2) is 8.78 Å². The Labute approximate surface area is 111 Å². The lowest BCUT2D eigenvalue weighted by Gasteiger charge is -2.18. The van der Waals surface area contributed by atoms with Crippen LogP contribution in [-0.2, 0) is 6.54 Å². The van der Waals surface area contributed by atoms with Crippen molar-refractivity contribution in [2.75, 3.05) is 27.3 Å². The third-order valence-corrected chi connectivity index (χ3v) is 2.48. The molecule has 0 aliphatic heterocycles. The van der Waals surface area contributed by atoms with Gasteiger partial charge in [0.25, 0.3) is 6.43 Å². The first-order valence-corrected chi connectivity index (χ1v) is 5.80. The molecule has 19 heavy (non-hydrogen) atoms. The second kappa shape index (κ2) is 7.72. The number of aliphatic hydroxyl groups excluding tert-OH is 1. The van der Waals surface area contributed by atoms with E-state index in [1.54, 1.807) is 25.2 Å². The summed E-state index contributed by atoms with van der Waals surface area (Å²) in [7, 11) is 3.16. The van der Waals surface area contributed by atoms with Crippen LogP contribution in [0, 0.1) is 11.8 Å². The van der Waals surface area contributed by atoms with Crippen molar-refractivity contribution in [1.29, 1.82) is 0 Å². The molecule has 0 atom stereocenters. The van der Waals surface area contributed by atoms with Gasteiger partial charge in [-0.1, -0.05) is 11.8 Å². The lowest BCUT2D eigenvalue weighted by atomic mass is 10.1. The lowest BCUT2D eigenvalue weighted by molar-refractivity contribution is 0.0972. The molecule has 0 aliphatic carbocycles. The number of hydrogen-bond donors (Lipinski definition) is 1. The molecule has 0 amide bonds. The van der Waals surface area contributed by atoms with Crippen LogP contribution >= 0.6 is 0 Å². The highest BCUT2D eigenvalue weighted by atomic mass is 19.3. The summed E-state index contributed by atoms with van der Waals surface area (Å²) in [6.07, 6.45) is -2.37. The normalized spacial score (nSPS) is 10.5. The van der Waals surface area contributed by atoms with E-state index < -0.39 is 6.43 Å². The smallest absolute Gasteiger partial charge is 0.251 e. The molecule has 3 nitrogen and oxygen atoms in total. The summed E-state index contributed by atoms with van der Waals surface area (Å²) in [6, 6.07) is 5.29. The molecule has 0 bridgehead atoms. The molecule has 104 valence electrons. The fourth-order valence-electron chi connectivity index (χ4n) is 1.71. The Morgan fingerprint density at radius 3 is 2.74 bits per heavy atom. The molecule has 0 unspecified atom stereocenters. The van der Waals surface area contributed by atoms with E-state index in [4.69, 9.17) is 9.84 Å². The Morgan fingerprint density at radius 2 is 2.16 bits per heavy atom. The Balaban J connectivity index is 2.89. The topological polar surface area (TPSA) is 32.7 Å². The molecule has 1 N–H and O–H groups in total. The zero-order chi connectivity index (χ0) is 14.3. The van der Waals surface area contributed by atoms with Crippen molar-refractivity contribution >= 4 is 0 Å². The molecule has 0 saturated heterocycles. The number of ether oxygens (including phenoxy) is 1. The van der Waals surface area contributed by atoms with Crippen LogP contribution in [0.3, 0.4) is 0 Å². The molecule has 1 aromatic rings. The van der Waals surface area contributed by atoms with Crippen LogP contribution in [-0.4, -0.2) is 43.7 Å². The average Bonchev–Trinajstić information content (AvgIpc) is 2.35. The van der Waals surface area contributed by atoms with Gasteiger partial charge in [-0.05, 0) is 25.2 Å². The van der Waals surface area contributed by atoms with Crippen LogP contribution in [0.5, 0.6) is 5.75 Å². The molecule has 0 radical (unpaired) electrons. The zero-order valence-corrected chi connectivity index (χ0v) is 11.0. The number of methoxy groups -OCH3 is 1. The van der Waals surface area contributed by atoms with Crippen LogP contribution in [0.4, 0.5) is 8.78 Å². The van der Waals surface area contributed by atoms with E-state index in [0.29, 0.717) is 12.3 Å². The molecule has 1 rings (SSSR count). The van der Waals surface area contributed by atoms with E-state index in [-0.39, 0.29) is 13.2 Å². The van der Waals surface area contributed by atoms with E-state index in [2.05, 4.69) is 11.8 Å². The first-order valence-electron chi connectivity index (χ1n) is 5.80. The minimum absolute atomic E-state index is 0.216. The summed E-state index contributed by atoms with van der Waals surface area (Å²) in [5.74, 6) is 5.96. The monoisotopic (exact) mass is 269 g/mol. The fraction of sp³-hybridized carbons (Fsp3) is 0.429. The first-order chi connectivity index (χ1) is 9.06. The second-order valence-corrected chi connectivity index (χ2v) is 4.07. The Bertz CT molecular complexity index is 466. The van der Waals surface area contributed by atoms with Crippen molar-refractivity contribution in [3.8, 4) is 17.6 Å². The molecule has 0 aromatic heterocycles. The van der Waals surface area contributed by atoms with E-state index >= 15 is 0 Å². The minimum Gasteiger partial charge on any atom is -0.496 e. The van der Waals surface area contributed by atoms with E-state index in [0.717, 1.165) is 11.1 Å². The van der Waals surface area contributed by atoms with Crippen molar-refractivity contribution in [3.63, 3.8) is 0 Å². The van der Waals surface area contributed by atoms with Crippen molar-refractivity contribution < 1.29 is 18.6 Å².